The Kier molecular flexibility index (Phi) is 4.54. The Balaban J connectivity index is 1.42. The lowest BCUT2D eigenvalue weighted by Crippen LogP contribution is -2.46. The van der Waals surface area contributed by atoms with Crippen LogP contribution in [0.15, 0.2) is 0 Å². The Morgan fingerprint density at radius 3 is 2.50 bits per heavy atom. The minimum atomic E-state index is -0.225. The molecule has 3 aliphatic rings. The highest BCUT2D eigenvalue weighted by Crippen LogP contribution is 2.38. The summed E-state index contributed by atoms with van der Waals surface area (Å²) in [5.41, 5.74) is 5.92. The van der Waals surface area contributed by atoms with E-state index in [4.69, 9.17) is 10.5 Å². The monoisotopic (exact) mass is 310 g/mol. The Labute approximate surface area is 131 Å². The number of nitrogens with zero attached hydrogens (tertiary/aromatic N) is 2. The number of likely N-dealkylation sites (tertiary alicyclic amines) is 2. The molecule has 0 spiro atoms. The molecule has 2 aliphatic heterocycles. The van der Waals surface area contributed by atoms with Gasteiger partial charge in [-0.3, -0.25) is 4.79 Å². The molecule has 0 bridgehead atoms. The van der Waals surface area contributed by atoms with Gasteiger partial charge in [-0.2, -0.15) is 0 Å². The summed E-state index contributed by atoms with van der Waals surface area (Å²) in [4.78, 5) is 27.3. The summed E-state index contributed by atoms with van der Waals surface area (Å²) in [5, 5.41) is 3.38. The fourth-order valence-electron chi connectivity index (χ4n) is 4.18. The molecule has 2 amide bonds. The fourth-order valence-corrected chi connectivity index (χ4v) is 4.18. The number of methoxy groups -OCH3 is 1. The second-order valence-corrected chi connectivity index (χ2v) is 6.74. The number of amides is 2. The van der Waals surface area contributed by atoms with Crippen molar-refractivity contribution in [2.24, 2.45) is 17.6 Å². The van der Waals surface area contributed by atoms with Crippen molar-refractivity contribution >= 4 is 12.0 Å². The number of carbonyl (C=O) groups excluding carboxylic acids is 2. The van der Waals surface area contributed by atoms with Crippen LogP contribution in [0.3, 0.4) is 0 Å². The van der Waals surface area contributed by atoms with Crippen LogP contribution in [-0.4, -0.2) is 67.3 Å². The lowest BCUT2D eigenvalue weighted by atomic mass is 10.0. The summed E-state index contributed by atoms with van der Waals surface area (Å²) >= 11 is 0. The van der Waals surface area contributed by atoms with E-state index >= 15 is 0 Å². The lowest BCUT2D eigenvalue weighted by Gasteiger charge is -2.23. The van der Waals surface area contributed by atoms with Crippen molar-refractivity contribution < 1.29 is 14.3 Å². The van der Waals surface area contributed by atoms with Crippen molar-refractivity contribution in [3.8, 4) is 0 Å². The van der Waals surface area contributed by atoms with Gasteiger partial charge in [-0.05, 0) is 37.5 Å². The van der Waals surface area contributed by atoms with Gasteiger partial charge in [-0.15, -0.1) is 0 Å². The van der Waals surface area contributed by atoms with Gasteiger partial charge in [0.1, 0.15) is 0 Å². The Bertz CT molecular complexity index is 431. The normalized spacial score (nSPS) is 34.1. The van der Waals surface area contributed by atoms with Crippen LogP contribution < -0.4 is 11.1 Å². The van der Waals surface area contributed by atoms with Crippen molar-refractivity contribution in [2.45, 2.75) is 37.9 Å². The Morgan fingerprint density at radius 1 is 1.27 bits per heavy atom. The van der Waals surface area contributed by atoms with Gasteiger partial charge in [0, 0.05) is 25.7 Å². The molecule has 7 heteroatoms. The van der Waals surface area contributed by atoms with E-state index in [1.807, 2.05) is 0 Å². The number of fused-ring (bicyclic) bond motifs is 1. The average Bonchev–Trinajstić information content (AvgIpc) is 3.17. The molecule has 2 saturated heterocycles. The first-order valence-corrected chi connectivity index (χ1v) is 8.19. The number of hydrogen-bond donors (Lipinski definition) is 2. The van der Waals surface area contributed by atoms with Crippen LogP contribution in [0.25, 0.3) is 0 Å². The third-order valence-electron chi connectivity index (χ3n) is 5.35. The highest BCUT2D eigenvalue weighted by atomic mass is 16.5. The van der Waals surface area contributed by atoms with Crippen LogP contribution in [0.4, 0.5) is 4.79 Å². The van der Waals surface area contributed by atoms with Gasteiger partial charge in [0.15, 0.2) is 0 Å². The zero-order valence-corrected chi connectivity index (χ0v) is 13.2. The van der Waals surface area contributed by atoms with Gasteiger partial charge in [0.05, 0.1) is 19.8 Å². The van der Waals surface area contributed by atoms with E-state index in [0.717, 1.165) is 45.3 Å². The molecule has 7 nitrogen and oxygen atoms in total. The molecule has 0 aromatic heterocycles. The van der Waals surface area contributed by atoms with E-state index in [0.29, 0.717) is 24.4 Å². The van der Waals surface area contributed by atoms with Crippen LogP contribution in [-0.2, 0) is 9.53 Å². The summed E-state index contributed by atoms with van der Waals surface area (Å²) in [7, 11) is 1.43. The molecule has 0 aromatic carbocycles. The predicted octanol–water partition coefficient (Wildman–Crippen LogP) is -0.0400. The second-order valence-electron chi connectivity index (χ2n) is 6.74. The molecule has 124 valence electrons. The van der Waals surface area contributed by atoms with Crippen molar-refractivity contribution in [2.75, 3.05) is 33.3 Å². The molecule has 2 heterocycles. The third kappa shape index (κ3) is 3.05. The minimum Gasteiger partial charge on any atom is -0.453 e. The van der Waals surface area contributed by atoms with E-state index in [9.17, 15) is 9.59 Å². The van der Waals surface area contributed by atoms with E-state index < -0.39 is 0 Å². The first-order valence-electron chi connectivity index (χ1n) is 8.19. The number of rotatable bonds is 3. The van der Waals surface area contributed by atoms with Gasteiger partial charge in [-0.25, -0.2) is 4.79 Å². The van der Waals surface area contributed by atoms with Gasteiger partial charge < -0.3 is 25.6 Å². The third-order valence-corrected chi connectivity index (χ3v) is 5.35. The van der Waals surface area contributed by atoms with E-state index in [-0.39, 0.29) is 18.2 Å². The summed E-state index contributed by atoms with van der Waals surface area (Å²) in [5.74, 6) is 1.17. The van der Waals surface area contributed by atoms with Crippen LogP contribution >= 0.6 is 0 Å². The Morgan fingerprint density at radius 2 is 1.95 bits per heavy atom. The minimum absolute atomic E-state index is 0.106. The molecule has 3 rings (SSSR count). The highest BCUT2D eigenvalue weighted by Gasteiger charge is 2.42. The zero-order valence-electron chi connectivity index (χ0n) is 13.2. The molecule has 0 aromatic rings. The highest BCUT2D eigenvalue weighted by molar-refractivity contribution is 5.78. The average molecular weight is 310 g/mol. The summed E-state index contributed by atoms with van der Waals surface area (Å²) < 4.78 is 4.78. The van der Waals surface area contributed by atoms with Gasteiger partial charge in [-0.1, -0.05) is 0 Å². The first kappa shape index (κ1) is 15.6. The maximum atomic E-state index is 12.2. The number of nitrogens with two attached hydrogens (primary N) is 1. The summed E-state index contributed by atoms with van der Waals surface area (Å²) in [6, 6.07) is 0.373. The van der Waals surface area contributed by atoms with Crippen molar-refractivity contribution in [1.82, 2.24) is 15.1 Å². The molecule has 0 radical (unpaired) electrons. The molecule has 1 saturated carbocycles. The first-order chi connectivity index (χ1) is 10.6. The summed E-state index contributed by atoms with van der Waals surface area (Å²) in [6.45, 7) is 2.71. The maximum Gasteiger partial charge on any atom is 0.409 e. The second kappa shape index (κ2) is 6.42. The topological polar surface area (TPSA) is 87.9 Å². The Hall–Kier alpha value is -1.34. The van der Waals surface area contributed by atoms with Crippen molar-refractivity contribution in [3.63, 3.8) is 0 Å². The van der Waals surface area contributed by atoms with Crippen LogP contribution in [0.5, 0.6) is 0 Å². The number of ether oxygens (including phenoxy) is 1. The zero-order chi connectivity index (χ0) is 15.7. The fraction of sp³-hybridized carbons (Fsp3) is 0.867. The number of nitrogens with one attached hydrogen (secondary N) is 1. The predicted molar refractivity (Wildman–Crippen MR) is 80.9 cm³/mol. The van der Waals surface area contributed by atoms with Crippen LogP contribution in [0, 0.1) is 11.8 Å². The van der Waals surface area contributed by atoms with Gasteiger partial charge in [0.25, 0.3) is 0 Å². The van der Waals surface area contributed by atoms with Crippen LogP contribution in [0.2, 0.25) is 0 Å². The molecule has 4 atom stereocenters. The maximum absolute atomic E-state index is 12.2. The van der Waals surface area contributed by atoms with Crippen molar-refractivity contribution in [1.29, 1.82) is 0 Å². The van der Waals surface area contributed by atoms with Crippen molar-refractivity contribution in [3.05, 3.63) is 0 Å². The van der Waals surface area contributed by atoms with E-state index in [2.05, 4.69) is 5.32 Å². The molecule has 1 aliphatic carbocycles. The largest absolute Gasteiger partial charge is 0.453 e. The molecule has 1 unspecified atom stereocenters. The van der Waals surface area contributed by atoms with E-state index in [1.165, 1.54) is 7.11 Å². The SMILES string of the molecule is COC(=O)N1C[C@H]2C[C@@H](NCC(=O)N3CCCC3N)C[C@H]2C1. The number of hydrogen-bond acceptors (Lipinski definition) is 5. The van der Waals surface area contributed by atoms with E-state index in [1.54, 1.807) is 9.80 Å². The molecule has 3 fully saturated rings. The quantitative estimate of drug-likeness (QED) is 0.764. The van der Waals surface area contributed by atoms with Gasteiger partial charge >= 0.3 is 6.09 Å². The molecule has 3 N–H and O–H groups in total. The molecule has 22 heavy (non-hydrogen) atoms. The van der Waals surface area contributed by atoms with Crippen LogP contribution in [0.1, 0.15) is 25.7 Å². The molecular weight excluding hydrogens is 284 g/mol. The molecular formula is C15H26N4O3. The lowest BCUT2D eigenvalue weighted by molar-refractivity contribution is -0.131. The number of carbonyl (C=O) groups is 2. The standard InChI is InChI=1S/C15H26N4O3/c1-22-15(21)18-8-10-5-12(6-11(10)9-18)17-7-14(20)19-4-2-3-13(19)16/h10-13,17H,2-9,16H2,1H3/t10-,11+,12-,13?. The summed E-state index contributed by atoms with van der Waals surface area (Å²) in [6.07, 6.45) is 3.63. The smallest absolute Gasteiger partial charge is 0.409 e. The van der Waals surface area contributed by atoms with Gasteiger partial charge in [0.2, 0.25) is 5.91 Å².